The second kappa shape index (κ2) is 9.87. The van der Waals surface area contributed by atoms with E-state index in [1.54, 1.807) is 0 Å². The normalized spacial score (nSPS) is 12.7. The highest BCUT2D eigenvalue weighted by Crippen LogP contribution is 2.35. The van der Waals surface area contributed by atoms with Crippen molar-refractivity contribution in [2.45, 2.75) is 45.6 Å². The average molecular weight is 420 g/mol. The Morgan fingerprint density at radius 3 is 1.91 bits per heavy atom. The van der Waals surface area contributed by atoms with Gasteiger partial charge in [0, 0.05) is 5.69 Å². The second-order valence-corrected chi connectivity index (χ2v) is 9.11. The monoisotopic (exact) mass is 419 g/mol. The number of fused-ring (bicyclic) bond motifs is 1. The van der Waals surface area contributed by atoms with Gasteiger partial charge in [-0.15, -0.1) is 0 Å². The molecule has 0 radical (unpaired) electrons. The van der Waals surface area contributed by atoms with Gasteiger partial charge in [-0.3, -0.25) is 0 Å². The lowest BCUT2D eigenvalue weighted by Gasteiger charge is -2.27. The van der Waals surface area contributed by atoms with Crippen LogP contribution in [-0.4, -0.2) is 0 Å². The van der Waals surface area contributed by atoms with Crippen LogP contribution in [0.25, 0.3) is 16.8 Å². The fourth-order valence-electron chi connectivity index (χ4n) is 4.41. The highest BCUT2D eigenvalue weighted by Gasteiger charge is 2.20. The van der Waals surface area contributed by atoms with Crippen LogP contribution >= 0.6 is 0 Å². The third-order valence-corrected chi connectivity index (χ3v) is 6.08. The fraction of sp³-hybridized carbons (Fsp3) is 0.226. The van der Waals surface area contributed by atoms with Gasteiger partial charge in [-0.1, -0.05) is 119 Å². The van der Waals surface area contributed by atoms with E-state index >= 15 is 0 Å². The Morgan fingerprint density at radius 1 is 0.625 bits per heavy atom. The number of hydrogen-bond acceptors (Lipinski definition) is 1. The molecule has 0 bridgehead atoms. The summed E-state index contributed by atoms with van der Waals surface area (Å²) in [7, 11) is 0. The van der Waals surface area contributed by atoms with Crippen LogP contribution in [0, 0.1) is 0 Å². The number of anilines is 1. The van der Waals surface area contributed by atoms with E-state index in [9.17, 15) is 0 Å². The molecule has 4 aromatic carbocycles. The van der Waals surface area contributed by atoms with Crippen molar-refractivity contribution in [3.8, 4) is 0 Å². The van der Waals surface area contributed by atoms with Gasteiger partial charge in [0.1, 0.15) is 0 Å². The lowest BCUT2D eigenvalue weighted by atomic mass is 9.84. The van der Waals surface area contributed by atoms with Crippen molar-refractivity contribution in [3.63, 3.8) is 0 Å². The van der Waals surface area contributed by atoms with Gasteiger partial charge in [0.05, 0.1) is 6.04 Å². The Bertz CT molecular complexity index is 1180. The fourth-order valence-corrected chi connectivity index (χ4v) is 4.41. The van der Waals surface area contributed by atoms with Gasteiger partial charge >= 0.3 is 0 Å². The van der Waals surface area contributed by atoms with Gasteiger partial charge in [0.25, 0.3) is 0 Å². The third-order valence-electron chi connectivity index (χ3n) is 6.08. The highest BCUT2D eigenvalue weighted by molar-refractivity contribution is 5.85. The molecule has 1 heteroatoms. The van der Waals surface area contributed by atoms with E-state index in [1.165, 1.54) is 33.0 Å². The second-order valence-electron chi connectivity index (χ2n) is 9.11. The van der Waals surface area contributed by atoms with Gasteiger partial charge in [-0.05, 0) is 57.0 Å². The molecular weight excluding hydrogens is 386 g/mol. The zero-order valence-electron chi connectivity index (χ0n) is 19.5. The van der Waals surface area contributed by atoms with Gasteiger partial charge < -0.3 is 5.32 Å². The Morgan fingerprint density at radius 2 is 1.25 bits per heavy atom. The minimum absolute atomic E-state index is 0.0763. The lowest BCUT2D eigenvalue weighted by molar-refractivity contribution is 0.782. The average Bonchev–Trinajstić information content (AvgIpc) is 2.81. The maximum Gasteiger partial charge on any atom is 0.0706 e. The summed E-state index contributed by atoms with van der Waals surface area (Å²) >= 11 is 0. The minimum atomic E-state index is 0.0763. The molecule has 32 heavy (non-hydrogen) atoms. The van der Waals surface area contributed by atoms with Crippen molar-refractivity contribution in [2.75, 3.05) is 5.32 Å². The van der Waals surface area contributed by atoms with E-state index in [0.29, 0.717) is 11.8 Å². The predicted molar refractivity (Wildman–Crippen MR) is 140 cm³/mol. The third kappa shape index (κ3) is 4.94. The van der Waals surface area contributed by atoms with E-state index in [-0.39, 0.29) is 6.04 Å². The zero-order valence-corrected chi connectivity index (χ0v) is 19.5. The molecule has 4 aromatic rings. The van der Waals surface area contributed by atoms with E-state index in [0.717, 1.165) is 5.69 Å². The molecule has 0 saturated heterocycles. The Hall–Kier alpha value is -3.32. The summed E-state index contributed by atoms with van der Waals surface area (Å²) in [5.41, 5.74) is 6.57. The van der Waals surface area contributed by atoms with Crippen LogP contribution in [0.15, 0.2) is 97.1 Å². The molecule has 0 amide bonds. The standard InChI is InChI=1S/C31H33N/c1-22(2)28-15-10-16-29(23(3)4)31(28)30(20-17-24-11-6-5-7-12-24)32-27-19-18-25-13-8-9-14-26(25)21-27/h5-23,30,32H,1-4H3. The minimum Gasteiger partial charge on any atom is -0.375 e. The summed E-state index contributed by atoms with van der Waals surface area (Å²) in [5, 5.41) is 6.38. The number of rotatable bonds is 7. The van der Waals surface area contributed by atoms with Crippen LogP contribution in [0.4, 0.5) is 5.69 Å². The number of benzene rings is 4. The smallest absolute Gasteiger partial charge is 0.0706 e. The molecule has 0 aliphatic carbocycles. The van der Waals surface area contributed by atoms with Crippen molar-refractivity contribution in [1.82, 2.24) is 0 Å². The molecule has 1 atom stereocenters. The van der Waals surface area contributed by atoms with Crippen molar-refractivity contribution >= 4 is 22.5 Å². The summed E-state index contributed by atoms with van der Waals surface area (Å²) in [6.07, 6.45) is 4.55. The molecule has 1 N–H and O–H groups in total. The molecule has 0 saturated carbocycles. The molecule has 1 nitrogen and oxygen atoms in total. The summed E-state index contributed by atoms with van der Waals surface area (Å²) in [4.78, 5) is 0. The quantitative estimate of drug-likeness (QED) is 0.315. The van der Waals surface area contributed by atoms with E-state index < -0.39 is 0 Å². The number of hydrogen-bond donors (Lipinski definition) is 1. The summed E-state index contributed by atoms with van der Waals surface area (Å²) in [6.45, 7) is 9.15. The Labute approximate surface area is 192 Å². The van der Waals surface area contributed by atoms with E-state index in [1.807, 2.05) is 0 Å². The topological polar surface area (TPSA) is 12.0 Å². The Kier molecular flexibility index (Phi) is 6.75. The van der Waals surface area contributed by atoms with E-state index in [2.05, 4.69) is 136 Å². The largest absolute Gasteiger partial charge is 0.375 e. The molecule has 162 valence electrons. The first-order chi connectivity index (χ1) is 15.5. The van der Waals surface area contributed by atoms with Crippen molar-refractivity contribution in [1.29, 1.82) is 0 Å². The first-order valence-electron chi connectivity index (χ1n) is 11.6. The molecule has 4 rings (SSSR count). The maximum absolute atomic E-state index is 3.86. The van der Waals surface area contributed by atoms with E-state index in [4.69, 9.17) is 0 Å². The molecule has 0 aromatic heterocycles. The molecule has 0 heterocycles. The molecular formula is C31H33N. The van der Waals surface area contributed by atoms with Crippen molar-refractivity contribution < 1.29 is 0 Å². The highest BCUT2D eigenvalue weighted by atomic mass is 14.9. The SMILES string of the molecule is CC(C)c1cccc(C(C)C)c1C(C=Cc1ccccc1)Nc1ccc2ccccc2c1. The number of nitrogens with one attached hydrogen (secondary N) is 1. The van der Waals surface area contributed by atoms with Crippen LogP contribution in [0.1, 0.15) is 67.8 Å². The lowest BCUT2D eigenvalue weighted by Crippen LogP contribution is -2.15. The van der Waals surface area contributed by atoms with Crippen LogP contribution in [0.5, 0.6) is 0 Å². The van der Waals surface area contributed by atoms with Crippen LogP contribution in [0.2, 0.25) is 0 Å². The molecule has 0 aliphatic rings. The first-order valence-corrected chi connectivity index (χ1v) is 11.6. The molecule has 0 fully saturated rings. The van der Waals surface area contributed by atoms with Crippen LogP contribution in [-0.2, 0) is 0 Å². The molecule has 0 spiro atoms. The summed E-state index contributed by atoms with van der Waals surface area (Å²) in [5.74, 6) is 0.907. The zero-order chi connectivity index (χ0) is 22.5. The van der Waals surface area contributed by atoms with Crippen molar-refractivity contribution in [2.24, 2.45) is 0 Å². The van der Waals surface area contributed by atoms with Gasteiger partial charge in [0.15, 0.2) is 0 Å². The van der Waals surface area contributed by atoms with Gasteiger partial charge in [-0.25, -0.2) is 0 Å². The first kappa shape index (κ1) is 21.9. The van der Waals surface area contributed by atoms with Gasteiger partial charge in [-0.2, -0.15) is 0 Å². The Balaban J connectivity index is 1.81. The predicted octanol–water partition coefficient (Wildman–Crippen LogP) is 8.95. The van der Waals surface area contributed by atoms with Crippen LogP contribution in [0.3, 0.4) is 0 Å². The maximum atomic E-state index is 3.86. The van der Waals surface area contributed by atoms with Gasteiger partial charge in [0.2, 0.25) is 0 Å². The molecule has 0 aliphatic heterocycles. The van der Waals surface area contributed by atoms with Crippen molar-refractivity contribution in [3.05, 3.63) is 119 Å². The van der Waals surface area contributed by atoms with Crippen LogP contribution < -0.4 is 5.32 Å². The summed E-state index contributed by atoms with van der Waals surface area (Å²) < 4.78 is 0. The molecule has 1 unspecified atom stereocenters. The summed E-state index contributed by atoms with van der Waals surface area (Å²) in [6, 6.07) is 32.6.